The number of nitrogens with zero attached hydrogens (tertiary/aromatic N) is 3. The van der Waals surface area contributed by atoms with Gasteiger partial charge < -0.3 is 10.4 Å². The lowest BCUT2D eigenvalue weighted by Crippen LogP contribution is -2.16. The van der Waals surface area contributed by atoms with Gasteiger partial charge in [-0.2, -0.15) is 9.50 Å². The van der Waals surface area contributed by atoms with Gasteiger partial charge in [0.2, 0.25) is 5.95 Å². The van der Waals surface area contributed by atoms with Crippen LogP contribution in [0.5, 0.6) is 0 Å². The molecule has 0 saturated heterocycles. The molecule has 0 unspecified atom stereocenters. The van der Waals surface area contributed by atoms with E-state index in [-0.39, 0.29) is 18.2 Å². The van der Waals surface area contributed by atoms with Crippen LogP contribution in [0.1, 0.15) is 23.7 Å². The highest BCUT2D eigenvalue weighted by molar-refractivity contribution is 6.30. The number of H-pyrrole nitrogens is 1. The average Bonchev–Trinajstić information content (AvgIpc) is 2.89. The first kappa shape index (κ1) is 15.5. The molecule has 2 aromatic heterocycles. The molecule has 0 radical (unpaired) electrons. The molecular formula is C15H16ClN5O2. The first-order valence-electron chi connectivity index (χ1n) is 7.16. The highest BCUT2D eigenvalue weighted by atomic mass is 35.5. The maximum Gasteiger partial charge on any atom is 0.274 e. The van der Waals surface area contributed by atoms with Crippen LogP contribution in [0.15, 0.2) is 35.1 Å². The highest BCUT2D eigenvalue weighted by Gasteiger charge is 2.14. The lowest BCUT2D eigenvalue weighted by atomic mass is 10.0. The SMILES string of the molecule is Cc1cc(=O)n2[nH]c(N[C@H](CCO)c3cccc(Cl)c3)nc2n1. The lowest BCUT2D eigenvalue weighted by Gasteiger charge is -2.17. The highest BCUT2D eigenvalue weighted by Crippen LogP contribution is 2.23. The van der Waals surface area contributed by atoms with E-state index in [1.165, 1.54) is 10.6 Å². The van der Waals surface area contributed by atoms with Crippen LogP contribution in [0.2, 0.25) is 5.02 Å². The topological polar surface area (TPSA) is 95.3 Å². The number of rotatable bonds is 5. The molecule has 0 aliphatic rings. The second-order valence-corrected chi connectivity index (χ2v) is 5.64. The molecule has 120 valence electrons. The van der Waals surface area contributed by atoms with Crippen LogP contribution in [-0.4, -0.2) is 31.3 Å². The minimum absolute atomic E-state index is 0.00170. The maximum absolute atomic E-state index is 11.9. The summed E-state index contributed by atoms with van der Waals surface area (Å²) in [6.45, 7) is 1.74. The fourth-order valence-electron chi connectivity index (χ4n) is 2.40. The van der Waals surface area contributed by atoms with Crippen LogP contribution in [0, 0.1) is 6.92 Å². The van der Waals surface area contributed by atoms with Gasteiger partial charge in [0.15, 0.2) is 0 Å². The van der Waals surface area contributed by atoms with Crippen LogP contribution in [0.3, 0.4) is 0 Å². The number of hydrogen-bond donors (Lipinski definition) is 3. The molecule has 0 fully saturated rings. The number of aromatic nitrogens is 4. The molecule has 3 aromatic rings. The van der Waals surface area contributed by atoms with Crippen molar-refractivity contribution in [1.82, 2.24) is 19.6 Å². The van der Waals surface area contributed by atoms with Crippen molar-refractivity contribution in [3.05, 3.63) is 57.0 Å². The largest absolute Gasteiger partial charge is 0.396 e. The number of aliphatic hydroxyl groups excluding tert-OH is 1. The molecule has 23 heavy (non-hydrogen) atoms. The summed E-state index contributed by atoms with van der Waals surface area (Å²) in [7, 11) is 0. The second-order valence-electron chi connectivity index (χ2n) is 5.21. The van der Waals surface area contributed by atoms with Crippen LogP contribution in [0.4, 0.5) is 5.95 Å². The first-order valence-corrected chi connectivity index (χ1v) is 7.54. The van der Waals surface area contributed by atoms with Gasteiger partial charge >= 0.3 is 0 Å². The van der Waals surface area contributed by atoms with Gasteiger partial charge in [-0.05, 0) is 31.0 Å². The van der Waals surface area contributed by atoms with Crippen LogP contribution in [0.25, 0.3) is 5.78 Å². The third-order valence-corrected chi connectivity index (χ3v) is 3.67. The van der Waals surface area contributed by atoms with E-state index < -0.39 is 0 Å². The van der Waals surface area contributed by atoms with Crippen LogP contribution in [-0.2, 0) is 0 Å². The number of aliphatic hydroxyl groups is 1. The lowest BCUT2D eigenvalue weighted by molar-refractivity contribution is 0.280. The smallest absolute Gasteiger partial charge is 0.274 e. The molecule has 2 heterocycles. The number of fused-ring (bicyclic) bond motifs is 1. The van der Waals surface area contributed by atoms with E-state index in [1.54, 1.807) is 13.0 Å². The van der Waals surface area contributed by atoms with Gasteiger partial charge in [0, 0.05) is 23.4 Å². The van der Waals surface area contributed by atoms with Crippen molar-refractivity contribution in [1.29, 1.82) is 0 Å². The molecule has 3 N–H and O–H groups in total. The van der Waals surface area contributed by atoms with E-state index >= 15 is 0 Å². The Hall–Kier alpha value is -2.38. The van der Waals surface area contributed by atoms with Gasteiger partial charge in [-0.3, -0.25) is 9.89 Å². The minimum Gasteiger partial charge on any atom is -0.396 e. The fourth-order valence-corrected chi connectivity index (χ4v) is 2.60. The zero-order chi connectivity index (χ0) is 16.4. The third-order valence-electron chi connectivity index (χ3n) is 3.44. The maximum atomic E-state index is 11.9. The summed E-state index contributed by atoms with van der Waals surface area (Å²) in [5, 5.41) is 16.0. The first-order chi connectivity index (χ1) is 11.1. The van der Waals surface area contributed by atoms with Crippen molar-refractivity contribution in [2.45, 2.75) is 19.4 Å². The molecule has 1 atom stereocenters. The molecule has 0 aliphatic heterocycles. The average molecular weight is 334 g/mol. The van der Waals surface area contributed by atoms with E-state index in [2.05, 4.69) is 20.4 Å². The summed E-state index contributed by atoms with van der Waals surface area (Å²) >= 11 is 6.03. The molecular weight excluding hydrogens is 318 g/mol. The normalized spacial score (nSPS) is 12.5. The second kappa shape index (κ2) is 6.39. The monoisotopic (exact) mass is 333 g/mol. The summed E-state index contributed by atoms with van der Waals surface area (Å²) in [5.74, 6) is 0.699. The van der Waals surface area contributed by atoms with Gasteiger partial charge in [0.25, 0.3) is 11.3 Å². The molecule has 1 aromatic carbocycles. The molecule has 0 aliphatic carbocycles. The Balaban J connectivity index is 1.94. The van der Waals surface area contributed by atoms with Gasteiger partial charge in [-0.1, -0.05) is 23.7 Å². The number of aryl methyl sites for hydroxylation is 1. The molecule has 0 bridgehead atoms. The Bertz CT molecular complexity index is 889. The zero-order valence-corrected chi connectivity index (χ0v) is 13.2. The Morgan fingerprint density at radius 3 is 2.96 bits per heavy atom. The van der Waals surface area contributed by atoms with Crippen LogP contribution < -0.4 is 10.9 Å². The van der Waals surface area contributed by atoms with Crippen molar-refractivity contribution in [3.8, 4) is 0 Å². The molecule has 8 heteroatoms. The number of aromatic amines is 1. The summed E-state index contributed by atoms with van der Waals surface area (Å²) in [6.07, 6.45) is 0.471. The van der Waals surface area contributed by atoms with Crippen molar-refractivity contribution < 1.29 is 5.11 Å². The predicted octanol–water partition coefficient (Wildman–Crippen LogP) is 1.92. The summed E-state index contributed by atoms with van der Waals surface area (Å²) in [4.78, 5) is 20.4. The van der Waals surface area contributed by atoms with Crippen molar-refractivity contribution >= 4 is 23.3 Å². The number of halogens is 1. The zero-order valence-electron chi connectivity index (χ0n) is 12.5. The molecule has 0 amide bonds. The molecule has 0 saturated carbocycles. The number of benzene rings is 1. The fraction of sp³-hybridized carbons (Fsp3) is 0.267. The van der Waals surface area contributed by atoms with Gasteiger partial charge in [-0.15, -0.1) is 0 Å². The van der Waals surface area contributed by atoms with E-state index in [0.717, 1.165) is 5.56 Å². The van der Waals surface area contributed by atoms with Crippen molar-refractivity contribution in [3.63, 3.8) is 0 Å². The Morgan fingerprint density at radius 1 is 1.39 bits per heavy atom. The molecule has 0 spiro atoms. The van der Waals surface area contributed by atoms with E-state index in [0.29, 0.717) is 28.9 Å². The quantitative estimate of drug-likeness (QED) is 0.663. The third kappa shape index (κ3) is 3.35. The number of nitrogens with one attached hydrogen (secondary N) is 2. The summed E-state index contributed by atoms with van der Waals surface area (Å²) < 4.78 is 1.27. The van der Waals surface area contributed by atoms with Crippen LogP contribution >= 0.6 is 11.6 Å². The molecule has 7 nitrogen and oxygen atoms in total. The van der Waals surface area contributed by atoms with E-state index in [9.17, 15) is 9.90 Å². The van der Waals surface area contributed by atoms with E-state index in [1.807, 2.05) is 18.2 Å². The minimum atomic E-state index is -0.227. The Labute approximate surface area is 137 Å². The summed E-state index contributed by atoms with van der Waals surface area (Å²) in [5.41, 5.74) is 1.30. The standard InChI is InChI=1S/C15H16ClN5O2/c1-9-7-13(23)21-15(17-9)19-14(20-21)18-12(5-6-22)10-3-2-4-11(16)8-10/h2-4,7-8,12,22H,5-6H2,1H3,(H2,17,18,19,20)/t12-/m1/s1. The number of anilines is 1. The Morgan fingerprint density at radius 2 is 2.22 bits per heavy atom. The molecule has 3 rings (SSSR count). The Kier molecular flexibility index (Phi) is 4.31. The number of hydrogen-bond acceptors (Lipinski definition) is 5. The van der Waals surface area contributed by atoms with Gasteiger partial charge in [0.1, 0.15) is 0 Å². The van der Waals surface area contributed by atoms with Gasteiger partial charge in [0.05, 0.1) is 6.04 Å². The predicted molar refractivity (Wildman–Crippen MR) is 87.9 cm³/mol. The summed E-state index contributed by atoms with van der Waals surface area (Å²) in [6, 6.07) is 8.60. The van der Waals surface area contributed by atoms with Crippen molar-refractivity contribution in [2.75, 3.05) is 11.9 Å². The van der Waals surface area contributed by atoms with Gasteiger partial charge in [-0.25, -0.2) is 4.98 Å². The van der Waals surface area contributed by atoms with Crippen molar-refractivity contribution in [2.24, 2.45) is 0 Å². The van der Waals surface area contributed by atoms with E-state index in [4.69, 9.17) is 11.6 Å².